The van der Waals surface area contributed by atoms with E-state index in [1.807, 2.05) is 24.3 Å². The Labute approximate surface area is 106 Å². The summed E-state index contributed by atoms with van der Waals surface area (Å²) < 4.78 is 4.58. The molecule has 1 heterocycles. The number of nitrogens with zero attached hydrogens (tertiary/aromatic N) is 2. The van der Waals surface area contributed by atoms with Gasteiger partial charge in [-0.2, -0.15) is 4.37 Å². The first-order valence-electron chi connectivity index (χ1n) is 4.10. The van der Waals surface area contributed by atoms with Gasteiger partial charge in [0.2, 0.25) is 4.47 Å². The van der Waals surface area contributed by atoms with Gasteiger partial charge in [-0.25, -0.2) is 4.98 Å². The summed E-state index contributed by atoms with van der Waals surface area (Å²) in [6.45, 7) is 0. The fraction of sp³-hybridized carbons (Fsp3) is 0.111. The van der Waals surface area contributed by atoms with Crippen LogP contribution < -0.4 is 0 Å². The summed E-state index contributed by atoms with van der Waals surface area (Å²) in [5, 5.41) is 0.740. The van der Waals surface area contributed by atoms with E-state index in [0.29, 0.717) is 10.2 Å². The van der Waals surface area contributed by atoms with E-state index in [-0.39, 0.29) is 0 Å². The Morgan fingerprint density at radius 3 is 2.87 bits per heavy atom. The number of hydrogen-bond donors (Lipinski definition) is 0. The van der Waals surface area contributed by atoms with Gasteiger partial charge in [-0.1, -0.05) is 17.7 Å². The summed E-state index contributed by atoms with van der Waals surface area (Å²) in [6.07, 6.45) is 0. The normalized spacial score (nSPS) is 10.5. The van der Waals surface area contributed by atoms with E-state index in [1.165, 1.54) is 11.5 Å². The first kappa shape index (κ1) is 11.2. The molecular weight excluding hydrogens is 271 g/mol. The van der Waals surface area contributed by atoms with Crippen molar-refractivity contribution >= 4 is 46.5 Å². The molecule has 0 spiro atoms. The van der Waals surface area contributed by atoms with Crippen molar-refractivity contribution in [3.05, 3.63) is 39.6 Å². The van der Waals surface area contributed by atoms with Crippen molar-refractivity contribution in [1.29, 1.82) is 0 Å². The summed E-state index contributed by atoms with van der Waals surface area (Å²) >= 11 is 14.4. The lowest BCUT2D eigenvalue weighted by atomic mass is 10.4. The van der Waals surface area contributed by atoms with Crippen molar-refractivity contribution in [2.24, 2.45) is 0 Å². The lowest BCUT2D eigenvalue weighted by Crippen LogP contribution is -1.82. The number of rotatable bonds is 3. The molecule has 0 fully saturated rings. The fourth-order valence-electron chi connectivity index (χ4n) is 0.996. The lowest BCUT2D eigenvalue weighted by molar-refractivity contribution is 1.14. The first-order chi connectivity index (χ1) is 7.24. The molecule has 0 unspecified atom stereocenters. The molecule has 2 aromatic rings. The van der Waals surface area contributed by atoms with Crippen molar-refractivity contribution < 1.29 is 0 Å². The Bertz CT molecular complexity index is 459. The first-order valence-corrected chi connectivity index (χ1v) is 6.62. The van der Waals surface area contributed by atoms with Gasteiger partial charge in [-0.05, 0) is 41.3 Å². The topological polar surface area (TPSA) is 25.8 Å². The molecule has 78 valence electrons. The Morgan fingerprint density at radius 2 is 2.20 bits per heavy atom. The van der Waals surface area contributed by atoms with E-state index in [9.17, 15) is 0 Å². The van der Waals surface area contributed by atoms with E-state index < -0.39 is 0 Å². The third-order valence-corrected chi connectivity index (χ3v) is 3.67. The van der Waals surface area contributed by atoms with Crippen LogP contribution in [-0.2, 0) is 5.75 Å². The van der Waals surface area contributed by atoms with Crippen LogP contribution in [0.15, 0.2) is 29.2 Å². The molecule has 0 radical (unpaired) electrons. The zero-order valence-electron chi connectivity index (χ0n) is 7.48. The molecule has 0 atom stereocenters. The van der Waals surface area contributed by atoms with E-state index in [4.69, 9.17) is 23.2 Å². The highest BCUT2D eigenvalue weighted by Gasteiger charge is 2.02. The summed E-state index contributed by atoms with van der Waals surface area (Å²) in [6, 6.07) is 7.69. The van der Waals surface area contributed by atoms with E-state index in [2.05, 4.69) is 9.36 Å². The molecule has 0 aliphatic carbocycles. The predicted octanol–water partition coefficient (Wildman–Crippen LogP) is 4.14. The molecule has 1 aromatic carbocycles. The highest BCUT2D eigenvalue weighted by molar-refractivity contribution is 7.98. The number of hydrogen-bond acceptors (Lipinski definition) is 4. The van der Waals surface area contributed by atoms with Crippen LogP contribution in [-0.4, -0.2) is 9.36 Å². The maximum Gasteiger partial charge on any atom is 0.203 e. The second-order valence-corrected chi connectivity index (χ2v) is 5.53. The van der Waals surface area contributed by atoms with Crippen LogP contribution >= 0.6 is 46.5 Å². The van der Waals surface area contributed by atoms with Crippen LogP contribution in [0, 0.1) is 0 Å². The minimum absolute atomic E-state index is 0.483. The Kier molecular flexibility index (Phi) is 3.86. The average molecular weight is 277 g/mol. The van der Waals surface area contributed by atoms with Gasteiger partial charge in [-0.3, -0.25) is 0 Å². The van der Waals surface area contributed by atoms with Crippen LogP contribution in [0.3, 0.4) is 0 Å². The molecule has 2 nitrogen and oxygen atoms in total. The van der Waals surface area contributed by atoms with Crippen molar-refractivity contribution in [2.45, 2.75) is 10.6 Å². The lowest BCUT2D eigenvalue weighted by Gasteiger charge is -1.98. The van der Waals surface area contributed by atoms with Crippen LogP contribution in [0.5, 0.6) is 0 Å². The Morgan fingerprint density at radius 1 is 1.33 bits per heavy atom. The third kappa shape index (κ3) is 3.34. The van der Waals surface area contributed by atoms with Crippen molar-refractivity contribution in [2.75, 3.05) is 0 Å². The molecule has 0 bridgehead atoms. The smallest absolute Gasteiger partial charge is 0.203 e. The number of benzene rings is 1. The molecule has 6 heteroatoms. The van der Waals surface area contributed by atoms with Gasteiger partial charge in [0.25, 0.3) is 0 Å². The number of thioether (sulfide) groups is 1. The minimum atomic E-state index is 0.483. The van der Waals surface area contributed by atoms with Crippen molar-refractivity contribution in [3.8, 4) is 0 Å². The van der Waals surface area contributed by atoms with Gasteiger partial charge < -0.3 is 0 Å². The van der Waals surface area contributed by atoms with Crippen LogP contribution in [0.1, 0.15) is 5.82 Å². The monoisotopic (exact) mass is 276 g/mol. The van der Waals surface area contributed by atoms with Crippen LogP contribution in [0.2, 0.25) is 9.49 Å². The van der Waals surface area contributed by atoms with Gasteiger partial charge in [0.1, 0.15) is 0 Å². The quantitative estimate of drug-likeness (QED) is 0.789. The van der Waals surface area contributed by atoms with Gasteiger partial charge in [0, 0.05) is 9.92 Å². The van der Waals surface area contributed by atoms with E-state index in [0.717, 1.165) is 15.7 Å². The minimum Gasteiger partial charge on any atom is -0.207 e. The summed E-state index contributed by atoms with van der Waals surface area (Å²) in [5.41, 5.74) is 0. The van der Waals surface area contributed by atoms with Gasteiger partial charge in [0.15, 0.2) is 5.82 Å². The standard InChI is InChI=1S/C9H6Cl2N2S2/c10-6-2-1-3-7(4-6)14-5-8-12-9(11)15-13-8/h1-4H,5H2. The zero-order chi connectivity index (χ0) is 10.7. The van der Waals surface area contributed by atoms with Crippen LogP contribution in [0.25, 0.3) is 0 Å². The van der Waals surface area contributed by atoms with Gasteiger partial charge in [0.05, 0.1) is 5.75 Å². The maximum atomic E-state index is 5.87. The molecule has 0 aliphatic heterocycles. The highest BCUT2D eigenvalue weighted by Crippen LogP contribution is 2.25. The van der Waals surface area contributed by atoms with Crippen LogP contribution in [0.4, 0.5) is 0 Å². The molecule has 0 saturated carbocycles. The molecule has 0 aliphatic rings. The SMILES string of the molecule is Clc1cccc(SCc2nsc(Cl)n2)c1. The molecular formula is C9H6Cl2N2S2. The summed E-state index contributed by atoms with van der Waals surface area (Å²) in [4.78, 5) is 5.17. The van der Waals surface area contributed by atoms with E-state index >= 15 is 0 Å². The molecule has 0 N–H and O–H groups in total. The molecule has 0 saturated heterocycles. The molecule has 1 aromatic heterocycles. The largest absolute Gasteiger partial charge is 0.207 e. The second-order valence-electron chi connectivity index (χ2n) is 2.71. The highest BCUT2D eigenvalue weighted by atomic mass is 35.5. The zero-order valence-corrected chi connectivity index (χ0v) is 10.6. The fourth-order valence-corrected chi connectivity index (χ4v) is 2.78. The summed E-state index contributed by atoms with van der Waals surface area (Å²) in [7, 11) is 0. The Balaban J connectivity index is 1.99. The van der Waals surface area contributed by atoms with Gasteiger partial charge >= 0.3 is 0 Å². The molecule has 0 amide bonds. The summed E-state index contributed by atoms with van der Waals surface area (Å²) in [5.74, 6) is 1.47. The second kappa shape index (κ2) is 5.16. The van der Waals surface area contributed by atoms with Crippen molar-refractivity contribution in [3.63, 3.8) is 0 Å². The Hall–Kier alpha value is -0.290. The molecule has 2 rings (SSSR count). The third-order valence-electron chi connectivity index (χ3n) is 1.61. The van der Waals surface area contributed by atoms with Gasteiger partial charge in [-0.15, -0.1) is 11.8 Å². The number of aromatic nitrogens is 2. The number of halogens is 2. The molecule has 15 heavy (non-hydrogen) atoms. The predicted molar refractivity (Wildman–Crippen MR) is 65.9 cm³/mol. The van der Waals surface area contributed by atoms with Crippen molar-refractivity contribution in [1.82, 2.24) is 9.36 Å². The van der Waals surface area contributed by atoms with E-state index in [1.54, 1.807) is 11.8 Å². The average Bonchev–Trinajstić information content (AvgIpc) is 2.62. The maximum absolute atomic E-state index is 5.87.